The number of nitrogens with one attached hydrogen (secondary N) is 2. The minimum atomic E-state index is -0.133. The molecule has 6 heteroatoms. The second-order valence-electron chi connectivity index (χ2n) is 6.80. The first-order chi connectivity index (χ1) is 11.4. The molecule has 0 bridgehead atoms. The summed E-state index contributed by atoms with van der Waals surface area (Å²) < 4.78 is 5.65. The Bertz CT molecular complexity index is 766. The molecule has 1 aromatic heterocycles. The van der Waals surface area contributed by atoms with Gasteiger partial charge in [0.05, 0.1) is 0 Å². The molecule has 3 rings (SSSR count). The molecule has 1 aromatic carbocycles. The van der Waals surface area contributed by atoms with E-state index >= 15 is 0 Å². The largest absolute Gasteiger partial charge is 0.440 e. The van der Waals surface area contributed by atoms with Crippen molar-refractivity contribution in [2.75, 3.05) is 11.9 Å². The van der Waals surface area contributed by atoms with E-state index in [1.54, 1.807) is 18.2 Å². The van der Waals surface area contributed by atoms with Gasteiger partial charge in [0.2, 0.25) is 11.8 Å². The Morgan fingerprint density at radius 1 is 1.38 bits per heavy atom. The fourth-order valence-electron chi connectivity index (χ4n) is 2.61. The summed E-state index contributed by atoms with van der Waals surface area (Å²) in [6, 6.07) is 5.40. The van der Waals surface area contributed by atoms with E-state index in [-0.39, 0.29) is 30.1 Å². The highest BCUT2D eigenvalue weighted by Crippen LogP contribution is 2.37. The minimum Gasteiger partial charge on any atom is -0.440 e. The lowest BCUT2D eigenvalue weighted by Crippen LogP contribution is -2.29. The molecule has 2 amide bonds. The number of oxazole rings is 1. The van der Waals surface area contributed by atoms with E-state index in [0.29, 0.717) is 29.6 Å². The van der Waals surface area contributed by atoms with Gasteiger partial charge in [-0.05, 0) is 30.5 Å². The van der Waals surface area contributed by atoms with Crippen LogP contribution in [0.15, 0.2) is 22.6 Å². The summed E-state index contributed by atoms with van der Waals surface area (Å²) in [4.78, 5) is 28.1. The third-order valence-electron chi connectivity index (χ3n) is 4.28. The van der Waals surface area contributed by atoms with Crippen molar-refractivity contribution in [3.8, 4) is 0 Å². The highest BCUT2D eigenvalue weighted by atomic mass is 16.3. The van der Waals surface area contributed by atoms with Crippen molar-refractivity contribution in [2.45, 2.75) is 39.5 Å². The Labute approximate surface area is 141 Å². The van der Waals surface area contributed by atoms with E-state index < -0.39 is 0 Å². The zero-order chi connectivity index (χ0) is 17.3. The van der Waals surface area contributed by atoms with Crippen LogP contribution in [0.5, 0.6) is 0 Å². The Balaban J connectivity index is 1.52. The number of nitrogens with zero attached hydrogens (tertiary/aromatic N) is 1. The van der Waals surface area contributed by atoms with Crippen LogP contribution in [0.25, 0.3) is 11.1 Å². The van der Waals surface area contributed by atoms with Crippen LogP contribution in [0.4, 0.5) is 5.69 Å². The number of hydrogen-bond acceptors (Lipinski definition) is 4. The highest BCUT2D eigenvalue weighted by molar-refractivity contribution is 5.93. The molecule has 2 unspecified atom stereocenters. The van der Waals surface area contributed by atoms with Crippen LogP contribution in [0.3, 0.4) is 0 Å². The number of amides is 2. The van der Waals surface area contributed by atoms with Crippen molar-refractivity contribution in [3.63, 3.8) is 0 Å². The second-order valence-corrected chi connectivity index (χ2v) is 6.80. The molecule has 1 heterocycles. The Morgan fingerprint density at radius 2 is 2.12 bits per heavy atom. The fraction of sp³-hybridized carbons (Fsp3) is 0.500. The second kappa shape index (κ2) is 6.63. The van der Waals surface area contributed by atoms with E-state index in [1.165, 1.54) is 0 Å². The topological polar surface area (TPSA) is 84.2 Å². The van der Waals surface area contributed by atoms with Crippen molar-refractivity contribution in [3.05, 3.63) is 24.1 Å². The zero-order valence-electron chi connectivity index (χ0n) is 14.3. The number of anilines is 1. The lowest BCUT2D eigenvalue weighted by atomic mass is 10.2. The van der Waals surface area contributed by atoms with Crippen LogP contribution >= 0.6 is 0 Å². The van der Waals surface area contributed by atoms with Gasteiger partial charge in [-0.2, -0.15) is 0 Å². The van der Waals surface area contributed by atoms with Crippen molar-refractivity contribution in [1.29, 1.82) is 0 Å². The van der Waals surface area contributed by atoms with Crippen LogP contribution in [-0.4, -0.2) is 23.3 Å². The number of carbonyl (C=O) groups excluding carboxylic acids is 2. The molecule has 2 aromatic rings. The smallest absolute Gasteiger partial charge is 0.226 e. The molecule has 6 nitrogen and oxygen atoms in total. The summed E-state index contributed by atoms with van der Waals surface area (Å²) in [5, 5.41) is 5.64. The molecule has 1 fully saturated rings. The highest BCUT2D eigenvalue weighted by Gasteiger charge is 2.38. The molecular weight excluding hydrogens is 306 g/mol. The van der Waals surface area contributed by atoms with Crippen molar-refractivity contribution in [2.24, 2.45) is 11.8 Å². The van der Waals surface area contributed by atoms with Gasteiger partial charge in [-0.1, -0.05) is 20.8 Å². The third kappa shape index (κ3) is 3.75. The van der Waals surface area contributed by atoms with Crippen LogP contribution in [-0.2, 0) is 9.59 Å². The van der Waals surface area contributed by atoms with Gasteiger partial charge in [0.15, 0.2) is 11.5 Å². The fourth-order valence-corrected chi connectivity index (χ4v) is 2.61. The molecule has 2 N–H and O–H groups in total. The molecule has 0 saturated heterocycles. The molecule has 24 heavy (non-hydrogen) atoms. The maximum Gasteiger partial charge on any atom is 0.226 e. The maximum atomic E-state index is 12.0. The summed E-state index contributed by atoms with van der Waals surface area (Å²) in [5.41, 5.74) is 2.12. The summed E-state index contributed by atoms with van der Waals surface area (Å²) in [7, 11) is 0. The predicted molar refractivity (Wildman–Crippen MR) is 91.6 cm³/mol. The normalized spacial score (nSPS) is 19.5. The van der Waals surface area contributed by atoms with Crippen molar-refractivity contribution in [1.82, 2.24) is 10.3 Å². The lowest BCUT2D eigenvalue weighted by molar-refractivity contribution is -0.122. The first-order valence-electron chi connectivity index (χ1n) is 8.42. The van der Waals surface area contributed by atoms with Crippen LogP contribution < -0.4 is 10.6 Å². The van der Waals surface area contributed by atoms with Crippen LogP contribution in [0, 0.1) is 11.8 Å². The van der Waals surface area contributed by atoms with Gasteiger partial charge in [-0.25, -0.2) is 4.98 Å². The summed E-state index contributed by atoms with van der Waals surface area (Å²) in [6.45, 7) is 6.45. The van der Waals surface area contributed by atoms with Crippen LogP contribution in [0.2, 0.25) is 0 Å². The average molecular weight is 329 g/mol. The van der Waals surface area contributed by atoms with Crippen molar-refractivity contribution >= 4 is 28.6 Å². The van der Waals surface area contributed by atoms with Crippen LogP contribution in [0.1, 0.15) is 45.4 Å². The van der Waals surface area contributed by atoms with Gasteiger partial charge < -0.3 is 15.1 Å². The van der Waals surface area contributed by atoms with Gasteiger partial charge in [-0.3, -0.25) is 9.59 Å². The molecule has 1 aliphatic rings. The number of hydrogen-bond donors (Lipinski definition) is 2. The molecule has 0 radical (unpaired) electrons. The molecule has 0 spiro atoms. The first-order valence-corrected chi connectivity index (χ1v) is 8.42. The summed E-state index contributed by atoms with van der Waals surface area (Å²) >= 11 is 0. The third-order valence-corrected chi connectivity index (χ3v) is 4.28. The maximum absolute atomic E-state index is 12.0. The van der Waals surface area contributed by atoms with Gasteiger partial charge in [0.1, 0.15) is 5.52 Å². The molecule has 2 atom stereocenters. The monoisotopic (exact) mass is 329 g/mol. The molecule has 128 valence electrons. The number of rotatable bonds is 6. The van der Waals surface area contributed by atoms with E-state index in [1.807, 2.05) is 13.8 Å². The van der Waals surface area contributed by atoms with E-state index in [4.69, 9.17) is 4.42 Å². The van der Waals surface area contributed by atoms with E-state index in [2.05, 4.69) is 22.5 Å². The van der Waals surface area contributed by atoms with Gasteiger partial charge in [0, 0.05) is 30.5 Å². The van der Waals surface area contributed by atoms with E-state index in [0.717, 1.165) is 11.9 Å². The number of carbonyl (C=O) groups is 2. The van der Waals surface area contributed by atoms with E-state index in [9.17, 15) is 9.59 Å². The lowest BCUT2D eigenvalue weighted by Gasteiger charge is -2.06. The zero-order valence-corrected chi connectivity index (χ0v) is 14.3. The molecular formula is C18H23N3O3. The van der Waals surface area contributed by atoms with Gasteiger partial charge in [-0.15, -0.1) is 0 Å². The summed E-state index contributed by atoms with van der Waals surface area (Å²) in [6.07, 6.45) is 1.20. The number of aromatic nitrogens is 1. The molecule has 0 aliphatic heterocycles. The predicted octanol–water partition coefficient (Wildman–Crippen LogP) is 3.05. The average Bonchev–Trinajstić information content (AvgIpc) is 3.09. The quantitative estimate of drug-likeness (QED) is 0.853. The summed E-state index contributed by atoms with van der Waals surface area (Å²) in [5.74, 6) is 1.44. The Morgan fingerprint density at radius 3 is 2.79 bits per heavy atom. The standard InChI is InChI=1S/C18H23N3O3/c1-10(2)18-21-14-9-12(4-5-15(14)24-18)20-16(22)6-7-19-17(23)13-8-11(13)3/h4-5,9-11,13H,6-8H2,1-3H3,(H,19,23)(H,20,22). The van der Waals surface area contributed by atoms with Gasteiger partial charge in [0.25, 0.3) is 0 Å². The Kier molecular flexibility index (Phi) is 4.55. The minimum absolute atomic E-state index is 0.0560. The Hall–Kier alpha value is -2.37. The SMILES string of the molecule is CC(C)c1nc2cc(NC(=O)CCNC(=O)C3CC3C)ccc2o1. The first kappa shape index (κ1) is 16.5. The molecule has 1 saturated carbocycles. The van der Waals surface area contributed by atoms with Crippen molar-refractivity contribution < 1.29 is 14.0 Å². The number of fused-ring (bicyclic) bond motifs is 1. The van der Waals surface area contributed by atoms with Gasteiger partial charge >= 0.3 is 0 Å². The number of benzene rings is 1. The molecule has 1 aliphatic carbocycles.